The normalized spacial score (nSPS) is 10.3. The van der Waals surface area contributed by atoms with Crippen molar-refractivity contribution in [2.75, 3.05) is 0 Å². The molecule has 0 unspecified atom stereocenters. The Labute approximate surface area is 66.1 Å². The number of aromatic nitrogens is 1. The maximum atomic E-state index is 11.1. The third-order valence-electron chi connectivity index (χ3n) is 1.60. The highest BCUT2D eigenvalue weighted by atomic mass is 16.5. The Morgan fingerprint density at radius 1 is 1.17 bits per heavy atom. The van der Waals surface area contributed by atoms with Gasteiger partial charge in [0.1, 0.15) is 0 Å². The molecule has 0 saturated heterocycles. The number of hydrogen-bond acceptors (Lipinski definition) is 3. The third kappa shape index (κ3) is 0.852. The van der Waals surface area contributed by atoms with Crippen molar-refractivity contribution in [1.82, 2.24) is 5.16 Å². The van der Waals surface area contributed by atoms with E-state index in [9.17, 15) is 9.59 Å². The quantitative estimate of drug-likeness (QED) is 0.558. The third-order valence-corrected chi connectivity index (χ3v) is 1.60. The van der Waals surface area contributed by atoms with Crippen LogP contribution < -0.4 is 10.9 Å². The van der Waals surface area contributed by atoms with Crippen LogP contribution in [0.5, 0.6) is 0 Å². The molecular weight excluding hydrogens is 158 g/mol. The zero-order valence-electron chi connectivity index (χ0n) is 6.03. The van der Waals surface area contributed by atoms with E-state index in [1.54, 1.807) is 18.3 Å². The fourth-order valence-electron chi connectivity index (χ4n) is 1.01. The molecule has 0 fully saturated rings. The Morgan fingerprint density at radius 2 is 2.00 bits per heavy atom. The van der Waals surface area contributed by atoms with Crippen LogP contribution in [0.25, 0.3) is 0 Å². The summed E-state index contributed by atoms with van der Waals surface area (Å²) >= 11 is 0. The lowest BCUT2D eigenvalue weighted by Crippen LogP contribution is -2.23. The molecule has 0 aromatic rings. The first-order valence-corrected chi connectivity index (χ1v) is 3.39. The zero-order valence-corrected chi connectivity index (χ0v) is 6.03. The lowest BCUT2D eigenvalue weighted by atomic mass is 10.3. The highest BCUT2D eigenvalue weighted by molar-refractivity contribution is 5.07. The molecule has 0 aromatic heterocycles. The van der Waals surface area contributed by atoms with Crippen LogP contribution in [0.15, 0.2) is 38.5 Å². The summed E-state index contributed by atoms with van der Waals surface area (Å²) in [7, 11) is 0. The van der Waals surface area contributed by atoms with Crippen LogP contribution in [-0.2, 0) is 0 Å². The van der Waals surface area contributed by atoms with E-state index in [4.69, 9.17) is 4.52 Å². The first-order chi connectivity index (χ1) is 5.79. The standard InChI is InChI=1S/C8H5NO3/c10-6-2-1-5-3-4-9-12-8(5)7(6)11/h1-4,9H. The molecule has 4 heteroatoms. The molecule has 1 aliphatic heterocycles. The molecule has 0 bridgehead atoms. The van der Waals surface area contributed by atoms with Crippen LogP contribution in [0, 0.1) is 10.6 Å². The van der Waals surface area contributed by atoms with Gasteiger partial charge in [0.25, 0.3) is 5.43 Å². The molecule has 0 radical (unpaired) electrons. The lowest BCUT2D eigenvalue weighted by Gasteiger charge is -1.87. The minimum atomic E-state index is -0.607. The predicted molar refractivity (Wildman–Crippen MR) is 40.9 cm³/mol. The van der Waals surface area contributed by atoms with E-state index in [1.165, 1.54) is 6.07 Å². The summed E-state index contributed by atoms with van der Waals surface area (Å²) in [5.74, 6) is 0. The van der Waals surface area contributed by atoms with Crippen molar-refractivity contribution in [2.45, 2.75) is 0 Å². The Kier molecular flexibility index (Phi) is 1.33. The zero-order chi connectivity index (χ0) is 8.55. The average Bonchev–Trinajstić information content (AvgIpc) is 2.12. The Morgan fingerprint density at radius 3 is 2.83 bits per heavy atom. The van der Waals surface area contributed by atoms with E-state index >= 15 is 0 Å². The molecule has 12 heavy (non-hydrogen) atoms. The first-order valence-electron chi connectivity index (χ1n) is 3.39. The molecule has 0 atom stereocenters. The summed E-state index contributed by atoms with van der Waals surface area (Å²) in [5, 5.41) is 3.01. The second-order valence-corrected chi connectivity index (χ2v) is 2.36. The summed E-state index contributed by atoms with van der Waals surface area (Å²) in [6, 6.07) is 4.45. The summed E-state index contributed by atoms with van der Waals surface area (Å²) in [4.78, 5) is 21.9. The molecule has 60 valence electrons. The second kappa shape index (κ2) is 2.34. The number of aromatic amines is 1. The van der Waals surface area contributed by atoms with Gasteiger partial charge in [0, 0.05) is 11.4 Å². The Balaban J connectivity index is 3.26. The monoisotopic (exact) mass is 163 g/mol. The summed E-state index contributed by atoms with van der Waals surface area (Å²) < 4.78 is 4.79. The van der Waals surface area contributed by atoms with Crippen LogP contribution in [0.3, 0.4) is 0 Å². The largest absolute Gasteiger partial charge is 0.378 e. The summed E-state index contributed by atoms with van der Waals surface area (Å²) in [6.45, 7) is 0. The molecule has 1 N–H and O–H groups in total. The molecular formula is C8H5NO3. The van der Waals surface area contributed by atoms with Gasteiger partial charge in [-0.3, -0.25) is 9.59 Å². The van der Waals surface area contributed by atoms with Gasteiger partial charge in [-0.2, -0.15) is 0 Å². The van der Waals surface area contributed by atoms with E-state index in [-0.39, 0.29) is 5.42 Å². The number of hydrogen-bond donors (Lipinski definition) is 1. The molecule has 2 rings (SSSR count). The SMILES string of the molecule is O=c1ccc2cc[nH]oc=2c1=O. The Hall–Kier alpha value is -1.84. The average molecular weight is 163 g/mol. The number of rotatable bonds is 0. The van der Waals surface area contributed by atoms with Gasteiger partial charge in [-0.1, -0.05) is 0 Å². The fraction of sp³-hybridized carbons (Fsp3) is 0. The van der Waals surface area contributed by atoms with Gasteiger partial charge in [-0.25, -0.2) is 5.16 Å². The maximum absolute atomic E-state index is 11.1. The van der Waals surface area contributed by atoms with Crippen molar-refractivity contribution in [3.63, 3.8) is 0 Å². The van der Waals surface area contributed by atoms with Crippen molar-refractivity contribution in [1.29, 1.82) is 0 Å². The van der Waals surface area contributed by atoms with Gasteiger partial charge in [-0.15, -0.1) is 0 Å². The molecule has 0 amide bonds. The van der Waals surface area contributed by atoms with E-state index in [0.717, 1.165) is 0 Å². The molecule has 0 aromatic carbocycles. The van der Waals surface area contributed by atoms with Crippen LogP contribution in [-0.4, -0.2) is 5.16 Å². The van der Waals surface area contributed by atoms with Gasteiger partial charge in [0.2, 0.25) is 10.8 Å². The van der Waals surface area contributed by atoms with Gasteiger partial charge >= 0.3 is 0 Å². The predicted octanol–water partition coefficient (Wildman–Crippen LogP) is 0.0529. The van der Waals surface area contributed by atoms with Crippen molar-refractivity contribution in [2.24, 2.45) is 0 Å². The second-order valence-electron chi connectivity index (χ2n) is 2.36. The lowest BCUT2D eigenvalue weighted by molar-refractivity contribution is 0.372. The van der Waals surface area contributed by atoms with E-state index in [1.807, 2.05) is 0 Å². The van der Waals surface area contributed by atoms with Crippen LogP contribution in [0.2, 0.25) is 0 Å². The number of nitrogens with one attached hydrogen (secondary N) is 1. The van der Waals surface area contributed by atoms with Gasteiger partial charge in [-0.05, 0) is 18.2 Å². The molecule has 4 nitrogen and oxygen atoms in total. The minimum absolute atomic E-state index is 0.0741. The first kappa shape index (κ1) is 6.84. The Bertz CT molecular complexity index is 566. The van der Waals surface area contributed by atoms with Crippen LogP contribution >= 0.6 is 0 Å². The minimum Gasteiger partial charge on any atom is -0.378 e. The van der Waals surface area contributed by atoms with Gasteiger partial charge in [0.05, 0.1) is 0 Å². The molecule has 0 saturated carbocycles. The van der Waals surface area contributed by atoms with Crippen molar-refractivity contribution in [3.8, 4) is 0 Å². The van der Waals surface area contributed by atoms with Crippen molar-refractivity contribution < 1.29 is 4.52 Å². The van der Waals surface area contributed by atoms with E-state index in [0.29, 0.717) is 5.22 Å². The number of H-pyrrole nitrogens is 1. The maximum Gasteiger partial charge on any atom is 0.271 e. The van der Waals surface area contributed by atoms with E-state index < -0.39 is 10.9 Å². The highest BCUT2D eigenvalue weighted by Crippen LogP contribution is 1.88. The smallest absolute Gasteiger partial charge is 0.271 e. The highest BCUT2D eigenvalue weighted by Gasteiger charge is 1.98. The molecule has 2 aliphatic rings. The fourth-order valence-corrected chi connectivity index (χ4v) is 1.01. The topological polar surface area (TPSA) is 63.1 Å². The summed E-state index contributed by atoms with van der Waals surface area (Å²) in [6.07, 6.45) is 1.55. The van der Waals surface area contributed by atoms with Crippen LogP contribution in [0.4, 0.5) is 0 Å². The van der Waals surface area contributed by atoms with Gasteiger partial charge in [0.15, 0.2) is 0 Å². The summed E-state index contributed by atoms with van der Waals surface area (Å²) in [5.41, 5.74) is -1.08. The molecule has 1 heterocycles. The van der Waals surface area contributed by atoms with E-state index in [2.05, 4.69) is 5.16 Å². The van der Waals surface area contributed by atoms with Gasteiger partial charge < -0.3 is 4.52 Å². The van der Waals surface area contributed by atoms with Crippen molar-refractivity contribution >= 4 is 0 Å². The molecule has 0 spiro atoms. The van der Waals surface area contributed by atoms with Crippen LogP contribution in [0.1, 0.15) is 0 Å². The van der Waals surface area contributed by atoms with Crippen molar-refractivity contribution in [3.05, 3.63) is 55.5 Å². The molecule has 1 aliphatic carbocycles.